The summed E-state index contributed by atoms with van der Waals surface area (Å²) >= 11 is 6.18. The van der Waals surface area contributed by atoms with Gasteiger partial charge in [0.1, 0.15) is 0 Å². The molecule has 0 spiro atoms. The van der Waals surface area contributed by atoms with Gasteiger partial charge in [0.2, 0.25) is 0 Å². The molecule has 6 heteroatoms. The number of carbonyl (C=O) groups is 1. The number of hydrogen-bond acceptors (Lipinski definition) is 3. The topological polar surface area (TPSA) is 50.8 Å². The summed E-state index contributed by atoms with van der Waals surface area (Å²) in [5.74, 6) is 1.07. The Labute approximate surface area is 130 Å². The maximum absolute atomic E-state index is 12.3. The summed E-state index contributed by atoms with van der Waals surface area (Å²) < 4.78 is 10.4. The Morgan fingerprint density at radius 3 is 2.24 bits per heavy atom. The van der Waals surface area contributed by atoms with Gasteiger partial charge >= 0.3 is 6.03 Å². The van der Waals surface area contributed by atoms with Crippen molar-refractivity contribution >= 4 is 23.3 Å². The molecule has 1 N–H and O–H groups in total. The SMILES string of the molecule is COc1cc(Cl)c(NC(=O)N2CCCCCC2)cc1OC. The van der Waals surface area contributed by atoms with Crippen molar-refractivity contribution in [2.75, 3.05) is 32.6 Å². The molecule has 0 unspecified atom stereocenters. The summed E-state index contributed by atoms with van der Waals surface area (Å²) in [5, 5.41) is 3.28. The number of anilines is 1. The second kappa shape index (κ2) is 7.41. The lowest BCUT2D eigenvalue weighted by atomic mass is 10.2. The third-order valence-corrected chi connectivity index (χ3v) is 3.92. The Hall–Kier alpha value is -1.62. The zero-order chi connectivity index (χ0) is 15.2. The fourth-order valence-electron chi connectivity index (χ4n) is 2.42. The van der Waals surface area contributed by atoms with Gasteiger partial charge in [-0.1, -0.05) is 24.4 Å². The zero-order valence-corrected chi connectivity index (χ0v) is 13.2. The number of rotatable bonds is 3. The van der Waals surface area contributed by atoms with Crippen LogP contribution in [0.1, 0.15) is 25.7 Å². The monoisotopic (exact) mass is 312 g/mol. The first-order valence-electron chi connectivity index (χ1n) is 7.13. The molecule has 5 nitrogen and oxygen atoms in total. The summed E-state index contributed by atoms with van der Waals surface area (Å²) in [7, 11) is 3.09. The molecular formula is C15H21ClN2O3. The van der Waals surface area contributed by atoms with E-state index in [1.54, 1.807) is 26.4 Å². The van der Waals surface area contributed by atoms with Gasteiger partial charge in [-0.05, 0) is 12.8 Å². The average molecular weight is 313 g/mol. The minimum absolute atomic E-state index is 0.119. The summed E-state index contributed by atoms with van der Waals surface area (Å²) in [6, 6.07) is 3.20. The van der Waals surface area contributed by atoms with Gasteiger partial charge in [-0.25, -0.2) is 4.79 Å². The van der Waals surface area contributed by atoms with Crippen LogP contribution in [0.15, 0.2) is 12.1 Å². The van der Waals surface area contributed by atoms with E-state index in [1.165, 1.54) is 12.8 Å². The molecule has 0 bridgehead atoms. The zero-order valence-electron chi connectivity index (χ0n) is 12.4. The highest BCUT2D eigenvalue weighted by molar-refractivity contribution is 6.34. The Bertz CT molecular complexity index is 500. The molecule has 0 radical (unpaired) electrons. The van der Waals surface area contributed by atoms with Gasteiger partial charge in [0.25, 0.3) is 0 Å². The Morgan fingerprint density at radius 2 is 1.67 bits per heavy atom. The molecule has 1 aromatic carbocycles. The number of nitrogens with zero attached hydrogens (tertiary/aromatic N) is 1. The lowest BCUT2D eigenvalue weighted by Crippen LogP contribution is -2.35. The van der Waals surface area contributed by atoms with Crippen molar-refractivity contribution in [3.05, 3.63) is 17.2 Å². The molecule has 1 aliphatic rings. The van der Waals surface area contributed by atoms with E-state index in [0.29, 0.717) is 22.2 Å². The molecule has 2 amide bonds. The van der Waals surface area contributed by atoms with Crippen LogP contribution in [-0.2, 0) is 0 Å². The largest absolute Gasteiger partial charge is 0.493 e. The Morgan fingerprint density at radius 1 is 1.10 bits per heavy atom. The highest BCUT2D eigenvalue weighted by Crippen LogP contribution is 2.36. The molecule has 21 heavy (non-hydrogen) atoms. The summed E-state index contributed by atoms with van der Waals surface area (Å²) in [6.07, 6.45) is 4.46. The first-order chi connectivity index (χ1) is 10.2. The number of urea groups is 1. The number of likely N-dealkylation sites (tertiary alicyclic amines) is 1. The van der Waals surface area contributed by atoms with Gasteiger partial charge in [0.15, 0.2) is 11.5 Å². The van der Waals surface area contributed by atoms with Crippen LogP contribution in [0.25, 0.3) is 0 Å². The molecule has 1 aromatic rings. The highest BCUT2D eigenvalue weighted by Gasteiger charge is 2.18. The fourth-order valence-corrected chi connectivity index (χ4v) is 2.62. The van der Waals surface area contributed by atoms with Crippen molar-refractivity contribution in [1.29, 1.82) is 0 Å². The van der Waals surface area contributed by atoms with Crippen molar-refractivity contribution in [2.45, 2.75) is 25.7 Å². The summed E-state index contributed by atoms with van der Waals surface area (Å²) in [4.78, 5) is 14.1. The van der Waals surface area contributed by atoms with Gasteiger partial charge in [-0.3, -0.25) is 0 Å². The van der Waals surface area contributed by atoms with Crippen molar-refractivity contribution in [3.63, 3.8) is 0 Å². The van der Waals surface area contributed by atoms with Crippen LogP contribution >= 0.6 is 11.6 Å². The van der Waals surface area contributed by atoms with Gasteiger partial charge in [0.05, 0.1) is 24.9 Å². The van der Waals surface area contributed by atoms with E-state index in [9.17, 15) is 4.79 Å². The molecule has 1 saturated heterocycles. The molecular weight excluding hydrogens is 292 g/mol. The van der Waals surface area contributed by atoms with E-state index < -0.39 is 0 Å². The summed E-state index contributed by atoms with van der Waals surface area (Å²) in [5.41, 5.74) is 0.531. The minimum Gasteiger partial charge on any atom is -0.493 e. The van der Waals surface area contributed by atoms with Crippen LogP contribution in [0.5, 0.6) is 11.5 Å². The standard InChI is InChI=1S/C15H21ClN2O3/c1-20-13-9-11(16)12(10-14(13)21-2)17-15(19)18-7-5-3-4-6-8-18/h9-10H,3-8H2,1-2H3,(H,17,19). The predicted molar refractivity (Wildman–Crippen MR) is 83.6 cm³/mol. The highest BCUT2D eigenvalue weighted by atomic mass is 35.5. The van der Waals surface area contributed by atoms with E-state index in [-0.39, 0.29) is 6.03 Å². The quantitative estimate of drug-likeness (QED) is 0.924. The van der Waals surface area contributed by atoms with Gasteiger partial charge in [-0.15, -0.1) is 0 Å². The maximum atomic E-state index is 12.3. The molecule has 0 atom stereocenters. The van der Waals surface area contributed by atoms with Gasteiger partial charge in [-0.2, -0.15) is 0 Å². The van der Waals surface area contributed by atoms with Crippen molar-refractivity contribution in [3.8, 4) is 11.5 Å². The second-order valence-electron chi connectivity index (χ2n) is 5.02. The van der Waals surface area contributed by atoms with Crippen molar-refractivity contribution in [2.24, 2.45) is 0 Å². The first-order valence-corrected chi connectivity index (χ1v) is 7.51. The van der Waals surface area contributed by atoms with Crippen LogP contribution in [-0.4, -0.2) is 38.2 Å². The third-order valence-electron chi connectivity index (χ3n) is 3.61. The lowest BCUT2D eigenvalue weighted by molar-refractivity contribution is 0.214. The smallest absolute Gasteiger partial charge is 0.321 e. The number of benzene rings is 1. The first kappa shape index (κ1) is 15.8. The maximum Gasteiger partial charge on any atom is 0.321 e. The molecule has 116 valence electrons. The number of hydrogen-bond donors (Lipinski definition) is 1. The molecule has 1 fully saturated rings. The van der Waals surface area contributed by atoms with E-state index >= 15 is 0 Å². The third kappa shape index (κ3) is 3.94. The van der Waals surface area contributed by atoms with Crippen LogP contribution in [0, 0.1) is 0 Å². The second-order valence-corrected chi connectivity index (χ2v) is 5.43. The van der Waals surface area contributed by atoms with E-state index in [2.05, 4.69) is 5.32 Å². The van der Waals surface area contributed by atoms with E-state index in [1.807, 2.05) is 4.90 Å². The van der Waals surface area contributed by atoms with Crippen molar-refractivity contribution in [1.82, 2.24) is 4.90 Å². The molecule has 1 aliphatic heterocycles. The van der Waals surface area contributed by atoms with Crippen LogP contribution in [0.2, 0.25) is 5.02 Å². The fraction of sp³-hybridized carbons (Fsp3) is 0.533. The number of amides is 2. The number of ether oxygens (including phenoxy) is 2. The Balaban J connectivity index is 2.12. The lowest BCUT2D eigenvalue weighted by Gasteiger charge is -2.21. The van der Waals surface area contributed by atoms with Crippen LogP contribution in [0.4, 0.5) is 10.5 Å². The number of carbonyl (C=O) groups excluding carboxylic acids is 1. The predicted octanol–water partition coefficient (Wildman–Crippen LogP) is 3.77. The molecule has 0 saturated carbocycles. The Kier molecular flexibility index (Phi) is 5.56. The molecule has 2 rings (SSSR count). The normalized spacial score (nSPS) is 15.3. The molecule has 0 aromatic heterocycles. The van der Waals surface area contributed by atoms with Crippen molar-refractivity contribution < 1.29 is 14.3 Å². The van der Waals surface area contributed by atoms with Gasteiger partial charge < -0.3 is 19.7 Å². The van der Waals surface area contributed by atoms with Crippen LogP contribution < -0.4 is 14.8 Å². The minimum atomic E-state index is -0.119. The number of methoxy groups -OCH3 is 2. The van der Waals surface area contributed by atoms with E-state index in [0.717, 1.165) is 25.9 Å². The van der Waals surface area contributed by atoms with E-state index in [4.69, 9.17) is 21.1 Å². The number of halogens is 1. The average Bonchev–Trinajstić information content (AvgIpc) is 2.78. The van der Waals surface area contributed by atoms with Crippen LogP contribution in [0.3, 0.4) is 0 Å². The van der Waals surface area contributed by atoms with Gasteiger partial charge in [0, 0.05) is 25.2 Å². The molecule has 0 aliphatic carbocycles. The number of nitrogens with one attached hydrogen (secondary N) is 1. The molecule has 1 heterocycles. The summed E-state index contributed by atoms with van der Waals surface area (Å²) in [6.45, 7) is 1.58.